The SMILES string of the molecule is O[C@@H]1[C@@H](O)[C@H](O[C@@H]2CO[C@@H](O[C@@H]3CO[C@@H](O)[C@H](O)[C@H]3O)[C@H](O)[C@H]2O[C@@H]2OC[C@H](O)[C@H](O)[C@H]2O)OC[C@H]1O. The molecular formula is C20H34O17. The van der Waals surface area contributed by atoms with Gasteiger partial charge in [0, 0.05) is 0 Å². The van der Waals surface area contributed by atoms with Crippen LogP contribution in [-0.2, 0) is 33.2 Å². The van der Waals surface area contributed by atoms with Crippen LogP contribution in [0.5, 0.6) is 0 Å². The van der Waals surface area contributed by atoms with Gasteiger partial charge in [0.25, 0.3) is 0 Å². The Morgan fingerprint density at radius 2 is 0.865 bits per heavy atom. The highest BCUT2D eigenvalue weighted by Crippen LogP contribution is 2.30. The zero-order valence-corrected chi connectivity index (χ0v) is 19.4. The van der Waals surface area contributed by atoms with Gasteiger partial charge in [0.2, 0.25) is 0 Å². The summed E-state index contributed by atoms with van der Waals surface area (Å²) in [6, 6.07) is 0. The third-order valence-corrected chi connectivity index (χ3v) is 6.68. The fourth-order valence-corrected chi connectivity index (χ4v) is 4.36. The highest BCUT2D eigenvalue weighted by Gasteiger charge is 2.50. The molecule has 0 aromatic heterocycles. The quantitative estimate of drug-likeness (QED) is 0.148. The lowest BCUT2D eigenvalue weighted by atomic mass is 10.0. The maximum absolute atomic E-state index is 11.0. The minimum Gasteiger partial charge on any atom is -0.388 e. The molecule has 4 aliphatic heterocycles. The topological polar surface area (TPSA) is 267 Å². The van der Waals surface area contributed by atoms with Gasteiger partial charge in [0.1, 0.15) is 73.2 Å². The lowest BCUT2D eigenvalue weighted by molar-refractivity contribution is -0.371. The predicted molar refractivity (Wildman–Crippen MR) is 110 cm³/mol. The number of aliphatic hydroxyl groups excluding tert-OH is 10. The van der Waals surface area contributed by atoms with E-state index in [-0.39, 0.29) is 13.2 Å². The summed E-state index contributed by atoms with van der Waals surface area (Å²) < 4.78 is 37.8. The molecular weight excluding hydrogens is 512 g/mol. The van der Waals surface area contributed by atoms with E-state index in [1.54, 1.807) is 0 Å². The molecule has 0 amide bonds. The number of ether oxygens (including phenoxy) is 7. The van der Waals surface area contributed by atoms with Crippen molar-refractivity contribution >= 4 is 0 Å². The van der Waals surface area contributed by atoms with Crippen LogP contribution in [0.25, 0.3) is 0 Å². The Morgan fingerprint density at radius 1 is 0.405 bits per heavy atom. The van der Waals surface area contributed by atoms with Crippen molar-refractivity contribution in [1.82, 2.24) is 0 Å². The monoisotopic (exact) mass is 546 g/mol. The molecule has 4 rings (SSSR count). The smallest absolute Gasteiger partial charge is 0.186 e. The first kappa shape index (κ1) is 29.3. The average Bonchev–Trinajstić information content (AvgIpc) is 2.87. The van der Waals surface area contributed by atoms with E-state index in [9.17, 15) is 51.1 Å². The second kappa shape index (κ2) is 12.2. The van der Waals surface area contributed by atoms with E-state index in [0.717, 1.165) is 0 Å². The third-order valence-electron chi connectivity index (χ3n) is 6.68. The molecule has 0 saturated carbocycles. The van der Waals surface area contributed by atoms with Crippen LogP contribution in [-0.4, -0.2) is 176 Å². The third kappa shape index (κ3) is 6.23. The predicted octanol–water partition coefficient (Wildman–Crippen LogP) is -7.19. The van der Waals surface area contributed by atoms with E-state index in [0.29, 0.717) is 0 Å². The van der Waals surface area contributed by atoms with Crippen LogP contribution in [0.3, 0.4) is 0 Å². The molecule has 4 saturated heterocycles. The summed E-state index contributed by atoms with van der Waals surface area (Å²) in [6.45, 7) is -1.55. The molecule has 0 aliphatic carbocycles. The largest absolute Gasteiger partial charge is 0.388 e. The first-order valence-electron chi connectivity index (χ1n) is 11.7. The second-order valence-electron chi connectivity index (χ2n) is 9.35. The molecule has 17 heteroatoms. The Kier molecular flexibility index (Phi) is 9.69. The minimum atomic E-state index is -1.74. The summed E-state index contributed by atoms with van der Waals surface area (Å²) in [5.41, 5.74) is 0. The lowest BCUT2D eigenvalue weighted by Crippen LogP contribution is -2.64. The number of aliphatic hydroxyl groups is 10. The van der Waals surface area contributed by atoms with Gasteiger partial charge in [0.05, 0.1) is 26.4 Å². The van der Waals surface area contributed by atoms with Gasteiger partial charge in [0.15, 0.2) is 25.2 Å². The van der Waals surface area contributed by atoms with E-state index in [1.165, 1.54) is 0 Å². The molecule has 4 fully saturated rings. The second-order valence-corrected chi connectivity index (χ2v) is 9.35. The van der Waals surface area contributed by atoms with Gasteiger partial charge in [-0.15, -0.1) is 0 Å². The highest BCUT2D eigenvalue weighted by molar-refractivity contribution is 4.92. The van der Waals surface area contributed by atoms with Crippen molar-refractivity contribution in [2.45, 2.75) is 98.4 Å². The number of hydrogen-bond donors (Lipinski definition) is 10. The normalized spacial score (nSPS) is 53.7. The average molecular weight is 546 g/mol. The highest BCUT2D eigenvalue weighted by atomic mass is 16.8. The van der Waals surface area contributed by atoms with Gasteiger partial charge in [-0.3, -0.25) is 0 Å². The summed E-state index contributed by atoms with van der Waals surface area (Å²) in [4.78, 5) is 0. The number of hydrogen-bond acceptors (Lipinski definition) is 17. The molecule has 0 unspecified atom stereocenters. The Balaban J connectivity index is 1.48. The lowest BCUT2D eigenvalue weighted by Gasteiger charge is -2.46. The van der Waals surface area contributed by atoms with Gasteiger partial charge >= 0.3 is 0 Å². The Morgan fingerprint density at radius 3 is 1.46 bits per heavy atom. The van der Waals surface area contributed by atoms with Crippen LogP contribution < -0.4 is 0 Å². The molecule has 216 valence electrons. The molecule has 4 aliphatic rings. The standard InChI is InChI=1S/C20H34O17/c21-5-1-32-18(13(27)9(5)23)36-8-4-34-20(35-7-3-31-17(30)12(26)11(7)25)15(29)16(8)37-19-14(28)10(24)6(22)2-33-19/h5-30H,1-4H2/t5-,6+,7-,8-,9+,10+,11+,12-,13-,14-,15-,16+,17-,18+,19+,20+/m1/s1. The molecule has 0 aromatic carbocycles. The van der Waals surface area contributed by atoms with E-state index in [2.05, 4.69) is 0 Å². The molecule has 0 spiro atoms. The molecule has 0 aromatic rings. The summed E-state index contributed by atoms with van der Waals surface area (Å²) in [7, 11) is 0. The molecule has 0 radical (unpaired) electrons. The van der Waals surface area contributed by atoms with Gasteiger partial charge in [-0.1, -0.05) is 0 Å². The van der Waals surface area contributed by atoms with Crippen molar-refractivity contribution in [2.24, 2.45) is 0 Å². The van der Waals surface area contributed by atoms with E-state index >= 15 is 0 Å². The van der Waals surface area contributed by atoms with Crippen LogP contribution >= 0.6 is 0 Å². The molecule has 16 atom stereocenters. The number of rotatable bonds is 6. The molecule has 10 N–H and O–H groups in total. The molecule has 37 heavy (non-hydrogen) atoms. The summed E-state index contributed by atoms with van der Waals surface area (Å²) in [5, 5.41) is 100. The van der Waals surface area contributed by atoms with Crippen LogP contribution in [0.2, 0.25) is 0 Å². The molecule has 17 nitrogen and oxygen atoms in total. The van der Waals surface area contributed by atoms with E-state index in [4.69, 9.17) is 33.2 Å². The first-order chi connectivity index (χ1) is 17.5. The van der Waals surface area contributed by atoms with Crippen LogP contribution in [0, 0.1) is 0 Å². The molecule has 4 heterocycles. The van der Waals surface area contributed by atoms with Gasteiger partial charge in [-0.25, -0.2) is 0 Å². The van der Waals surface area contributed by atoms with Crippen LogP contribution in [0.1, 0.15) is 0 Å². The summed E-state index contributed by atoms with van der Waals surface area (Å²) >= 11 is 0. The van der Waals surface area contributed by atoms with E-state index in [1.807, 2.05) is 0 Å². The maximum Gasteiger partial charge on any atom is 0.186 e. The van der Waals surface area contributed by atoms with Crippen molar-refractivity contribution in [2.75, 3.05) is 26.4 Å². The van der Waals surface area contributed by atoms with Gasteiger partial charge in [-0.05, 0) is 0 Å². The zero-order chi connectivity index (χ0) is 27.0. The Bertz CT molecular complexity index is 731. The van der Waals surface area contributed by atoms with Crippen LogP contribution in [0.15, 0.2) is 0 Å². The maximum atomic E-state index is 11.0. The van der Waals surface area contributed by atoms with Crippen molar-refractivity contribution < 1.29 is 84.2 Å². The van der Waals surface area contributed by atoms with Crippen molar-refractivity contribution in [1.29, 1.82) is 0 Å². The Labute approximate surface area is 209 Å². The Hall–Kier alpha value is -0.680. The van der Waals surface area contributed by atoms with Crippen LogP contribution in [0.4, 0.5) is 0 Å². The van der Waals surface area contributed by atoms with Crippen molar-refractivity contribution in [3.63, 3.8) is 0 Å². The zero-order valence-electron chi connectivity index (χ0n) is 19.4. The molecule has 0 bridgehead atoms. The van der Waals surface area contributed by atoms with Gasteiger partial charge < -0.3 is 84.2 Å². The van der Waals surface area contributed by atoms with Gasteiger partial charge in [-0.2, -0.15) is 0 Å². The fraction of sp³-hybridized carbons (Fsp3) is 1.00. The summed E-state index contributed by atoms with van der Waals surface area (Å²) in [6.07, 6.45) is -24.7. The van der Waals surface area contributed by atoms with E-state index < -0.39 is 112 Å². The fourth-order valence-electron chi connectivity index (χ4n) is 4.36. The minimum absolute atomic E-state index is 0.367. The van der Waals surface area contributed by atoms with Crippen molar-refractivity contribution in [3.05, 3.63) is 0 Å². The summed E-state index contributed by atoms with van der Waals surface area (Å²) in [5.74, 6) is 0. The van der Waals surface area contributed by atoms with Crippen molar-refractivity contribution in [3.8, 4) is 0 Å². The first-order valence-corrected chi connectivity index (χ1v) is 11.7.